The maximum absolute atomic E-state index is 11.5. The van der Waals surface area contributed by atoms with Crippen LogP contribution in [0.1, 0.15) is 39.2 Å². The van der Waals surface area contributed by atoms with Crippen molar-refractivity contribution < 1.29 is 4.79 Å². The van der Waals surface area contributed by atoms with E-state index in [0.717, 1.165) is 17.7 Å². The van der Waals surface area contributed by atoms with Crippen molar-refractivity contribution in [1.29, 1.82) is 0 Å². The summed E-state index contributed by atoms with van der Waals surface area (Å²) in [7, 11) is 0. The van der Waals surface area contributed by atoms with E-state index in [0.29, 0.717) is 17.4 Å². The average Bonchev–Trinajstić information content (AvgIpc) is 2.29. The fraction of sp³-hybridized carbons (Fsp3) is 0.429. The Kier molecular flexibility index (Phi) is 5.86. The molecule has 4 heteroatoms. The molecule has 0 aliphatic rings. The average molecular weight is 267 g/mol. The number of carbonyl (C=O) groups excluding carboxylic acids is 1. The lowest BCUT2D eigenvalue weighted by Gasteiger charge is -2.06. The van der Waals surface area contributed by atoms with E-state index in [1.807, 2.05) is 45.0 Å². The molecule has 0 saturated carbocycles. The summed E-state index contributed by atoms with van der Waals surface area (Å²) >= 11 is 5.94. The zero-order valence-electron chi connectivity index (χ0n) is 11.0. The van der Waals surface area contributed by atoms with Gasteiger partial charge in [-0.1, -0.05) is 44.5 Å². The van der Waals surface area contributed by atoms with Crippen LogP contribution in [0, 0.1) is 5.92 Å². The van der Waals surface area contributed by atoms with E-state index in [1.54, 1.807) is 0 Å². The van der Waals surface area contributed by atoms with Crippen LogP contribution in [0.15, 0.2) is 29.4 Å². The molecule has 1 aromatic rings. The normalized spacial score (nSPS) is 11.7. The molecule has 0 radical (unpaired) electrons. The minimum atomic E-state index is -0.0574. The summed E-state index contributed by atoms with van der Waals surface area (Å²) in [6, 6.07) is 7.47. The Bertz CT molecular complexity index is 441. The largest absolute Gasteiger partial charge is 0.273 e. The molecule has 0 heterocycles. The van der Waals surface area contributed by atoms with Gasteiger partial charge in [-0.15, -0.1) is 0 Å². The van der Waals surface area contributed by atoms with Crippen LogP contribution < -0.4 is 5.43 Å². The highest BCUT2D eigenvalue weighted by atomic mass is 35.5. The van der Waals surface area contributed by atoms with Crippen LogP contribution in [0.5, 0.6) is 0 Å². The molecule has 0 fully saturated rings. The molecule has 0 aromatic heterocycles. The van der Waals surface area contributed by atoms with Gasteiger partial charge in [0.1, 0.15) is 0 Å². The van der Waals surface area contributed by atoms with Gasteiger partial charge in [-0.25, -0.2) is 5.43 Å². The quantitative estimate of drug-likeness (QED) is 0.642. The molecule has 0 atom stereocenters. The van der Waals surface area contributed by atoms with Gasteiger partial charge < -0.3 is 0 Å². The Hall–Kier alpha value is -1.35. The minimum absolute atomic E-state index is 0.0574. The second kappa shape index (κ2) is 7.17. The maximum Gasteiger partial charge on any atom is 0.240 e. The molecule has 0 spiro atoms. The van der Waals surface area contributed by atoms with Crippen molar-refractivity contribution in [2.75, 3.05) is 0 Å². The Morgan fingerprint density at radius 1 is 1.44 bits per heavy atom. The van der Waals surface area contributed by atoms with Crippen LogP contribution in [-0.4, -0.2) is 11.6 Å². The first kappa shape index (κ1) is 14.7. The predicted octanol–water partition coefficient (Wildman–Crippen LogP) is 3.62. The third kappa shape index (κ3) is 4.88. The number of hydrogen-bond acceptors (Lipinski definition) is 2. The molecule has 0 aliphatic carbocycles. The lowest BCUT2D eigenvalue weighted by Crippen LogP contribution is -2.21. The van der Waals surface area contributed by atoms with Gasteiger partial charge >= 0.3 is 0 Å². The second-order valence-electron chi connectivity index (χ2n) is 4.56. The summed E-state index contributed by atoms with van der Waals surface area (Å²) in [5.74, 6) is 0.273. The topological polar surface area (TPSA) is 41.5 Å². The molecule has 1 N–H and O–H groups in total. The van der Waals surface area contributed by atoms with Gasteiger partial charge in [0.25, 0.3) is 0 Å². The van der Waals surface area contributed by atoms with Crippen LogP contribution in [0.3, 0.4) is 0 Å². The fourth-order valence-electron chi connectivity index (χ4n) is 1.56. The molecule has 0 bridgehead atoms. The van der Waals surface area contributed by atoms with Crippen molar-refractivity contribution in [3.8, 4) is 0 Å². The van der Waals surface area contributed by atoms with Crippen molar-refractivity contribution in [2.24, 2.45) is 11.0 Å². The second-order valence-corrected chi connectivity index (χ2v) is 4.99. The third-order valence-electron chi connectivity index (χ3n) is 2.40. The predicted molar refractivity (Wildman–Crippen MR) is 75.9 cm³/mol. The van der Waals surface area contributed by atoms with Gasteiger partial charge in [0.15, 0.2) is 0 Å². The highest BCUT2D eigenvalue weighted by molar-refractivity contribution is 6.31. The highest BCUT2D eigenvalue weighted by Crippen LogP contribution is 2.12. The minimum Gasteiger partial charge on any atom is -0.273 e. The van der Waals surface area contributed by atoms with Crippen LogP contribution in [0.2, 0.25) is 5.02 Å². The molecule has 18 heavy (non-hydrogen) atoms. The van der Waals surface area contributed by atoms with Crippen molar-refractivity contribution in [2.45, 2.75) is 33.6 Å². The van der Waals surface area contributed by atoms with E-state index in [2.05, 4.69) is 10.5 Å². The van der Waals surface area contributed by atoms with Gasteiger partial charge in [0.05, 0.1) is 5.71 Å². The summed E-state index contributed by atoms with van der Waals surface area (Å²) in [4.78, 5) is 11.5. The number of hydrogen-bond donors (Lipinski definition) is 1. The van der Waals surface area contributed by atoms with Gasteiger partial charge in [-0.05, 0) is 30.0 Å². The molecule has 1 rings (SSSR count). The Balaban J connectivity index is 2.74. The standard InChI is InChI=1S/C14H19ClN2O/c1-4-13(11-6-5-7-12(15)9-11)16-17-14(18)8-10(2)3/h5-7,9-10H,4,8H2,1-3H3,(H,17,18)/b16-13-. The smallest absolute Gasteiger partial charge is 0.240 e. The number of amides is 1. The van der Waals surface area contributed by atoms with Crippen molar-refractivity contribution >= 4 is 23.2 Å². The lowest BCUT2D eigenvalue weighted by molar-refractivity contribution is -0.121. The molecule has 1 aromatic carbocycles. The molecule has 0 unspecified atom stereocenters. The summed E-state index contributed by atoms with van der Waals surface area (Å²) < 4.78 is 0. The van der Waals surface area contributed by atoms with Crippen LogP contribution in [-0.2, 0) is 4.79 Å². The molecular weight excluding hydrogens is 248 g/mol. The molecule has 98 valence electrons. The summed E-state index contributed by atoms with van der Waals surface area (Å²) in [6.07, 6.45) is 1.22. The zero-order chi connectivity index (χ0) is 13.5. The van der Waals surface area contributed by atoms with E-state index in [4.69, 9.17) is 11.6 Å². The molecule has 1 amide bonds. The number of carbonyl (C=O) groups is 1. The Morgan fingerprint density at radius 2 is 2.17 bits per heavy atom. The fourth-order valence-corrected chi connectivity index (χ4v) is 1.75. The Morgan fingerprint density at radius 3 is 2.72 bits per heavy atom. The summed E-state index contributed by atoms with van der Waals surface area (Å²) in [5.41, 5.74) is 4.36. The van der Waals surface area contributed by atoms with Crippen molar-refractivity contribution in [1.82, 2.24) is 5.43 Å². The monoisotopic (exact) mass is 266 g/mol. The van der Waals surface area contributed by atoms with Crippen molar-refractivity contribution in [3.63, 3.8) is 0 Å². The third-order valence-corrected chi connectivity index (χ3v) is 2.64. The summed E-state index contributed by atoms with van der Waals surface area (Å²) in [6.45, 7) is 6.00. The van der Waals surface area contributed by atoms with E-state index in [-0.39, 0.29) is 5.91 Å². The Labute approximate surface area is 113 Å². The van der Waals surface area contributed by atoms with Gasteiger partial charge in [-0.2, -0.15) is 5.10 Å². The molecule has 0 saturated heterocycles. The SMILES string of the molecule is CC/C(=N/NC(=O)CC(C)C)c1cccc(Cl)c1. The van der Waals surface area contributed by atoms with E-state index < -0.39 is 0 Å². The number of nitrogens with zero attached hydrogens (tertiary/aromatic N) is 1. The number of hydrazone groups is 1. The van der Waals surface area contributed by atoms with E-state index >= 15 is 0 Å². The number of nitrogens with one attached hydrogen (secondary N) is 1. The van der Waals surface area contributed by atoms with Crippen LogP contribution in [0.25, 0.3) is 0 Å². The van der Waals surface area contributed by atoms with Crippen LogP contribution in [0.4, 0.5) is 0 Å². The maximum atomic E-state index is 11.5. The first-order valence-corrected chi connectivity index (χ1v) is 6.52. The van der Waals surface area contributed by atoms with Gasteiger partial charge in [-0.3, -0.25) is 4.79 Å². The van der Waals surface area contributed by atoms with E-state index in [9.17, 15) is 4.79 Å². The number of halogens is 1. The van der Waals surface area contributed by atoms with E-state index in [1.165, 1.54) is 0 Å². The first-order valence-electron chi connectivity index (χ1n) is 6.14. The van der Waals surface area contributed by atoms with Gasteiger partial charge in [0.2, 0.25) is 5.91 Å². The zero-order valence-corrected chi connectivity index (χ0v) is 11.8. The van der Waals surface area contributed by atoms with Crippen LogP contribution >= 0.6 is 11.6 Å². The highest BCUT2D eigenvalue weighted by Gasteiger charge is 2.05. The number of rotatable bonds is 5. The lowest BCUT2D eigenvalue weighted by atomic mass is 10.1. The molecule has 3 nitrogen and oxygen atoms in total. The molecular formula is C14H19ClN2O. The summed E-state index contributed by atoms with van der Waals surface area (Å²) in [5, 5.41) is 4.83. The van der Waals surface area contributed by atoms with Crippen molar-refractivity contribution in [3.05, 3.63) is 34.9 Å². The van der Waals surface area contributed by atoms with Gasteiger partial charge in [0, 0.05) is 11.4 Å². The first-order chi connectivity index (χ1) is 8.52. The molecule has 0 aliphatic heterocycles. The number of benzene rings is 1.